The van der Waals surface area contributed by atoms with E-state index in [1.807, 2.05) is 25.2 Å². The quantitative estimate of drug-likeness (QED) is 0.716. The SMILES string of the molecule is CCCN(C)c1cccc(OC)c1C(C)=O. The Hall–Kier alpha value is -1.51. The van der Waals surface area contributed by atoms with Gasteiger partial charge >= 0.3 is 0 Å². The summed E-state index contributed by atoms with van der Waals surface area (Å²) in [4.78, 5) is 13.7. The van der Waals surface area contributed by atoms with Crippen LogP contribution in [0.5, 0.6) is 5.75 Å². The van der Waals surface area contributed by atoms with E-state index in [-0.39, 0.29) is 5.78 Å². The van der Waals surface area contributed by atoms with Crippen LogP contribution in [0.3, 0.4) is 0 Å². The van der Waals surface area contributed by atoms with E-state index < -0.39 is 0 Å². The van der Waals surface area contributed by atoms with Gasteiger partial charge in [-0.1, -0.05) is 13.0 Å². The summed E-state index contributed by atoms with van der Waals surface area (Å²) in [6.45, 7) is 4.61. The number of anilines is 1. The van der Waals surface area contributed by atoms with Gasteiger partial charge in [-0.15, -0.1) is 0 Å². The van der Waals surface area contributed by atoms with Crippen molar-refractivity contribution >= 4 is 11.5 Å². The number of ketones is 1. The van der Waals surface area contributed by atoms with Gasteiger partial charge in [-0.25, -0.2) is 0 Å². The van der Waals surface area contributed by atoms with E-state index in [1.165, 1.54) is 0 Å². The smallest absolute Gasteiger partial charge is 0.165 e. The highest BCUT2D eigenvalue weighted by atomic mass is 16.5. The molecule has 1 aromatic rings. The highest BCUT2D eigenvalue weighted by Crippen LogP contribution is 2.29. The Morgan fingerprint density at radius 2 is 2.12 bits per heavy atom. The summed E-state index contributed by atoms with van der Waals surface area (Å²) in [6, 6.07) is 5.68. The Kier molecular flexibility index (Phi) is 4.35. The lowest BCUT2D eigenvalue weighted by atomic mass is 10.1. The molecule has 88 valence electrons. The topological polar surface area (TPSA) is 29.5 Å². The first-order valence-electron chi connectivity index (χ1n) is 5.50. The Labute approximate surface area is 97.0 Å². The van der Waals surface area contributed by atoms with Crippen LogP contribution in [0, 0.1) is 0 Å². The monoisotopic (exact) mass is 221 g/mol. The van der Waals surface area contributed by atoms with Gasteiger partial charge in [0.05, 0.1) is 18.4 Å². The molecule has 3 nitrogen and oxygen atoms in total. The first-order valence-corrected chi connectivity index (χ1v) is 5.50. The molecule has 1 aromatic carbocycles. The third kappa shape index (κ3) is 2.54. The highest BCUT2D eigenvalue weighted by molar-refractivity contribution is 6.02. The fraction of sp³-hybridized carbons (Fsp3) is 0.462. The van der Waals surface area contributed by atoms with Gasteiger partial charge in [-0.05, 0) is 25.5 Å². The molecule has 0 spiro atoms. The summed E-state index contributed by atoms with van der Waals surface area (Å²) >= 11 is 0. The molecule has 0 unspecified atom stereocenters. The third-order valence-electron chi connectivity index (χ3n) is 2.55. The molecule has 3 heteroatoms. The molecule has 0 bridgehead atoms. The van der Waals surface area contributed by atoms with Crippen LogP contribution in [0.15, 0.2) is 18.2 Å². The van der Waals surface area contributed by atoms with Crippen LogP contribution in [0.2, 0.25) is 0 Å². The van der Waals surface area contributed by atoms with E-state index in [0.717, 1.165) is 18.7 Å². The van der Waals surface area contributed by atoms with Crippen molar-refractivity contribution in [3.8, 4) is 5.75 Å². The summed E-state index contributed by atoms with van der Waals surface area (Å²) < 4.78 is 5.23. The number of Topliss-reactive ketones (excluding diaryl/α,β-unsaturated/α-hetero) is 1. The summed E-state index contributed by atoms with van der Waals surface area (Å²) in [7, 11) is 3.58. The van der Waals surface area contributed by atoms with Crippen molar-refractivity contribution in [2.24, 2.45) is 0 Å². The molecular formula is C13H19NO2. The molecule has 0 saturated carbocycles. The molecule has 0 radical (unpaired) electrons. The maximum atomic E-state index is 11.6. The van der Waals surface area contributed by atoms with Gasteiger partial charge in [0.15, 0.2) is 5.78 Å². The summed E-state index contributed by atoms with van der Waals surface area (Å²) in [5.41, 5.74) is 1.61. The fourth-order valence-corrected chi connectivity index (χ4v) is 1.82. The minimum absolute atomic E-state index is 0.0374. The largest absolute Gasteiger partial charge is 0.496 e. The second-order valence-corrected chi connectivity index (χ2v) is 3.83. The van der Waals surface area contributed by atoms with Crippen molar-refractivity contribution in [1.29, 1.82) is 0 Å². The van der Waals surface area contributed by atoms with Gasteiger partial charge in [0.1, 0.15) is 5.75 Å². The standard InChI is InChI=1S/C13H19NO2/c1-5-9-14(3)11-7-6-8-12(16-4)13(11)10(2)15/h6-8H,5,9H2,1-4H3. The molecule has 0 heterocycles. The Morgan fingerprint density at radius 3 is 2.62 bits per heavy atom. The van der Waals surface area contributed by atoms with E-state index in [2.05, 4.69) is 11.8 Å². The number of carbonyl (C=O) groups excluding carboxylic acids is 1. The van der Waals surface area contributed by atoms with Gasteiger partial charge in [0.2, 0.25) is 0 Å². The van der Waals surface area contributed by atoms with Gasteiger partial charge in [-0.2, -0.15) is 0 Å². The lowest BCUT2D eigenvalue weighted by molar-refractivity contribution is 0.101. The first kappa shape index (κ1) is 12.6. The lowest BCUT2D eigenvalue weighted by Crippen LogP contribution is -2.20. The third-order valence-corrected chi connectivity index (χ3v) is 2.55. The van der Waals surface area contributed by atoms with Crippen molar-refractivity contribution in [1.82, 2.24) is 0 Å². The highest BCUT2D eigenvalue weighted by Gasteiger charge is 2.15. The van der Waals surface area contributed by atoms with Crippen LogP contribution >= 0.6 is 0 Å². The molecule has 16 heavy (non-hydrogen) atoms. The average molecular weight is 221 g/mol. The zero-order valence-electron chi connectivity index (χ0n) is 10.4. The van der Waals surface area contributed by atoms with E-state index in [1.54, 1.807) is 14.0 Å². The maximum Gasteiger partial charge on any atom is 0.165 e. The van der Waals surface area contributed by atoms with Crippen LogP contribution < -0.4 is 9.64 Å². The number of carbonyl (C=O) groups is 1. The van der Waals surface area contributed by atoms with Gasteiger partial charge in [-0.3, -0.25) is 4.79 Å². The number of methoxy groups -OCH3 is 1. The van der Waals surface area contributed by atoms with E-state index in [0.29, 0.717) is 11.3 Å². The van der Waals surface area contributed by atoms with Crippen molar-refractivity contribution in [2.45, 2.75) is 20.3 Å². The molecule has 1 rings (SSSR count). The minimum Gasteiger partial charge on any atom is -0.496 e. The van der Waals surface area contributed by atoms with Crippen LogP contribution in [-0.4, -0.2) is 26.5 Å². The van der Waals surface area contributed by atoms with Crippen LogP contribution in [0.25, 0.3) is 0 Å². The minimum atomic E-state index is 0.0374. The van der Waals surface area contributed by atoms with E-state index in [9.17, 15) is 4.79 Å². The number of hydrogen-bond acceptors (Lipinski definition) is 3. The predicted molar refractivity (Wildman–Crippen MR) is 66.6 cm³/mol. The van der Waals surface area contributed by atoms with Gasteiger partial charge in [0.25, 0.3) is 0 Å². The molecular weight excluding hydrogens is 202 g/mol. The molecule has 0 saturated heterocycles. The maximum absolute atomic E-state index is 11.6. The molecule has 0 aliphatic carbocycles. The second kappa shape index (κ2) is 5.54. The molecule has 0 aliphatic rings. The van der Waals surface area contributed by atoms with Gasteiger partial charge < -0.3 is 9.64 Å². The fourth-order valence-electron chi connectivity index (χ4n) is 1.82. The van der Waals surface area contributed by atoms with Crippen molar-refractivity contribution in [3.05, 3.63) is 23.8 Å². The molecule has 0 fully saturated rings. The van der Waals surface area contributed by atoms with Crippen LogP contribution in [0.4, 0.5) is 5.69 Å². The Bertz CT molecular complexity index is 374. The lowest BCUT2D eigenvalue weighted by Gasteiger charge is -2.22. The molecule has 0 N–H and O–H groups in total. The molecule has 0 aromatic heterocycles. The number of rotatable bonds is 5. The van der Waals surface area contributed by atoms with E-state index >= 15 is 0 Å². The summed E-state index contributed by atoms with van der Waals surface area (Å²) in [5.74, 6) is 0.684. The molecule has 0 aliphatic heterocycles. The zero-order valence-corrected chi connectivity index (χ0v) is 10.4. The van der Waals surface area contributed by atoms with Crippen LogP contribution in [0.1, 0.15) is 30.6 Å². The number of hydrogen-bond donors (Lipinski definition) is 0. The zero-order chi connectivity index (χ0) is 12.1. The Balaban J connectivity index is 3.21. The first-order chi connectivity index (χ1) is 7.61. The molecule has 0 amide bonds. The van der Waals surface area contributed by atoms with E-state index in [4.69, 9.17) is 4.74 Å². The van der Waals surface area contributed by atoms with Crippen molar-refractivity contribution < 1.29 is 9.53 Å². The second-order valence-electron chi connectivity index (χ2n) is 3.83. The summed E-state index contributed by atoms with van der Waals surface area (Å²) in [6.07, 6.45) is 1.05. The normalized spacial score (nSPS) is 10.0. The van der Waals surface area contributed by atoms with Gasteiger partial charge in [0, 0.05) is 13.6 Å². The number of ether oxygens (including phenoxy) is 1. The number of nitrogens with zero attached hydrogens (tertiary/aromatic N) is 1. The predicted octanol–water partition coefficient (Wildman–Crippen LogP) is 2.74. The van der Waals surface area contributed by atoms with Crippen molar-refractivity contribution in [2.75, 3.05) is 25.6 Å². The number of benzene rings is 1. The van der Waals surface area contributed by atoms with Crippen molar-refractivity contribution in [3.63, 3.8) is 0 Å². The Morgan fingerprint density at radius 1 is 1.44 bits per heavy atom. The average Bonchev–Trinajstić information content (AvgIpc) is 2.28. The summed E-state index contributed by atoms with van der Waals surface area (Å²) in [5, 5.41) is 0. The molecule has 0 atom stereocenters. The van der Waals surface area contributed by atoms with Crippen LogP contribution in [-0.2, 0) is 0 Å².